The lowest BCUT2D eigenvalue weighted by Gasteiger charge is -2.06. The number of nitrogens with zero attached hydrogens (tertiary/aromatic N) is 2. The van der Waals surface area contributed by atoms with E-state index in [1.54, 1.807) is 33.9 Å². The lowest BCUT2D eigenvalue weighted by atomic mass is 10.1. The summed E-state index contributed by atoms with van der Waals surface area (Å²) in [5.41, 5.74) is 1.80. The third-order valence-corrected chi connectivity index (χ3v) is 6.40. The summed E-state index contributed by atoms with van der Waals surface area (Å²) in [7, 11) is -8.15. The summed E-state index contributed by atoms with van der Waals surface area (Å²) in [6.45, 7) is 3.14. The van der Waals surface area contributed by atoms with E-state index in [2.05, 4.69) is 0 Å². The summed E-state index contributed by atoms with van der Waals surface area (Å²) in [5.74, 6) is 0. The standard InChI is InChI=1S/C16H20N2O6S2/c1-13(25(19,20)21)11-17-7-3-15(4-8-17)16-5-9-18(10-6-16)12-14(2)26(22,23)24/h3-10,13-14H,11-12H2,1-2H3/p+2. The van der Waals surface area contributed by atoms with E-state index in [1.165, 1.54) is 13.8 Å². The Hall–Kier alpha value is -1.88. The molecule has 0 saturated carbocycles. The lowest BCUT2D eigenvalue weighted by Crippen LogP contribution is -2.41. The Morgan fingerprint density at radius 3 is 1.23 bits per heavy atom. The molecule has 2 unspecified atom stereocenters. The van der Waals surface area contributed by atoms with Crippen molar-refractivity contribution in [1.29, 1.82) is 0 Å². The molecule has 26 heavy (non-hydrogen) atoms. The second-order valence-corrected chi connectivity index (χ2v) is 9.89. The zero-order valence-corrected chi connectivity index (χ0v) is 16.1. The molecule has 2 rings (SSSR count). The minimum atomic E-state index is -4.07. The van der Waals surface area contributed by atoms with Crippen LogP contribution >= 0.6 is 0 Å². The second-order valence-electron chi connectivity index (χ2n) is 6.22. The van der Waals surface area contributed by atoms with Gasteiger partial charge in [0.25, 0.3) is 20.2 Å². The second kappa shape index (κ2) is 7.78. The smallest absolute Gasteiger partial charge is 0.273 e. The van der Waals surface area contributed by atoms with E-state index >= 15 is 0 Å². The van der Waals surface area contributed by atoms with Gasteiger partial charge in [0.1, 0.15) is 10.5 Å². The van der Waals surface area contributed by atoms with Crippen LogP contribution in [0.4, 0.5) is 0 Å². The molecule has 2 aromatic heterocycles. The Kier molecular flexibility index (Phi) is 6.12. The molecule has 8 nitrogen and oxygen atoms in total. The molecule has 0 radical (unpaired) electrons. The summed E-state index contributed by atoms with van der Waals surface area (Å²) in [4.78, 5) is 0. The van der Waals surface area contributed by atoms with Crippen molar-refractivity contribution >= 4 is 20.2 Å². The molecule has 2 heterocycles. The van der Waals surface area contributed by atoms with Crippen LogP contribution in [-0.2, 0) is 33.3 Å². The van der Waals surface area contributed by atoms with Gasteiger partial charge in [-0.2, -0.15) is 16.8 Å². The molecular formula is C16H22N2O6S2+2. The first kappa shape index (κ1) is 20.4. The van der Waals surface area contributed by atoms with Crippen molar-refractivity contribution in [3.05, 3.63) is 49.1 Å². The van der Waals surface area contributed by atoms with Gasteiger partial charge < -0.3 is 0 Å². The molecule has 2 atom stereocenters. The first-order valence-corrected chi connectivity index (χ1v) is 10.9. The van der Waals surface area contributed by atoms with Crippen LogP contribution in [0.5, 0.6) is 0 Å². The SMILES string of the molecule is CC(C[n+]1ccc(-c2cc[n+](CC(C)S(=O)(=O)O)cc2)cc1)S(=O)(=O)O. The highest BCUT2D eigenvalue weighted by atomic mass is 32.2. The van der Waals surface area contributed by atoms with Gasteiger partial charge in [-0.1, -0.05) is 0 Å². The zero-order valence-electron chi connectivity index (χ0n) is 14.4. The molecule has 0 saturated heterocycles. The van der Waals surface area contributed by atoms with Gasteiger partial charge in [0.05, 0.1) is 0 Å². The van der Waals surface area contributed by atoms with Crippen LogP contribution < -0.4 is 9.13 Å². The van der Waals surface area contributed by atoms with E-state index in [1.807, 2.05) is 24.3 Å². The van der Waals surface area contributed by atoms with Crippen molar-refractivity contribution < 1.29 is 35.1 Å². The van der Waals surface area contributed by atoms with Crippen molar-refractivity contribution in [3.8, 4) is 11.1 Å². The van der Waals surface area contributed by atoms with Gasteiger partial charge in [-0.25, -0.2) is 9.13 Å². The molecule has 0 aromatic carbocycles. The molecule has 0 aliphatic carbocycles. The quantitative estimate of drug-likeness (QED) is 0.514. The first-order valence-electron chi connectivity index (χ1n) is 7.88. The molecule has 0 spiro atoms. The maximum absolute atomic E-state index is 11.1. The van der Waals surface area contributed by atoms with E-state index < -0.39 is 30.7 Å². The highest BCUT2D eigenvalue weighted by Crippen LogP contribution is 2.15. The Bertz CT molecular complexity index is 873. The number of hydrogen-bond acceptors (Lipinski definition) is 4. The fraction of sp³-hybridized carbons (Fsp3) is 0.375. The first-order chi connectivity index (χ1) is 12.0. The van der Waals surface area contributed by atoms with Gasteiger partial charge in [0, 0.05) is 24.3 Å². The van der Waals surface area contributed by atoms with E-state index in [9.17, 15) is 16.8 Å². The Morgan fingerprint density at radius 1 is 0.731 bits per heavy atom. The Balaban J connectivity index is 2.10. The normalized spacial score (nSPS) is 14.8. The summed E-state index contributed by atoms with van der Waals surface area (Å²) >= 11 is 0. The molecule has 2 aromatic rings. The van der Waals surface area contributed by atoms with Gasteiger partial charge in [-0.3, -0.25) is 9.11 Å². The molecule has 0 fully saturated rings. The fourth-order valence-electron chi connectivity index (χ4n) is 2.33. The van der Waals surface area contributed by atoms with Crippen LogP contribution in [0.3, 0.4) is 0 Å². The van der Waals surface area contributed by atoms with Crippen LogP contribution in [0, 0.1) is 0 Å². The zero-order chi connectivity index (χ0) is 19.5. The molecular weight excluding hydrogens is 380 g/mol. The maximum atomic E-state index is 11.1. The Labute approximate surface area is 153 Å². The lowest BCUT2D eigenvalue weighted by molar-refractivity contribution is -0.696. The average Bonchev–Trinajstić information content (AvgIpc) is 2.54. The van der Waals surface area contributed by atoms with Crippen LogP contribution in [0.15, 0.2) is 49.1 Å². The number of hydrogen-bond donors (Lipinski definition) is 2. The minimum Gasteiger partial charge on any atom is -0.285 e. The van der Waals surface area contributed by atoms with Crippen molar-refractivity contribution in [2.24, 2.45) is 0 Å². The monoisotopic (exact) mass is 402 g/mol. The maximum Gasteiger partial charge on any atom is 0.273 e. The van der Waals surface area contributed by atoms with Gasteiger partial charge in [-0.05, 0) is 25.0 Å². The van der Waals surface area contributed by atoms with Gasteiger partial charge in [0.15, 0.2) is 37.9 Å². The molecule has 0 amide bonds. The van der Waals surface area contributed by atoms with Crippen molar-refractivity contribution in [2.45, 2.75) is 37.4 Å². The van der Waals surface area contributed by atoms with Crippen LogP contribution in [-0.4, -0.2) is 36.4 Å². The molecule has 2 N–H and O–H groups in total. The molecule has 0 aliphatic rings. The third kappa shape index (κ3) is 5.56. The van der Waals surface area contributed by atoms with Crippen molar-refractivity contribution in [1.82, 2.24) is 0 Å². The summed E-state index contributed by atoms with van der Waals surface area (Å²) in [6.07, 6.45) is 6.88. The van der Waals surface area contributed by atoms with Crippen LogP contribution in [0.1, 0.15) is 13.8 Å². The van der Waals surface area contributed by atoms with Gasteiger partial charge in [0.2, 0.25) is 0 Å². The number of pyridine rings is 2. The average molecular weight is 402 g/mol. The largest absolute Gasteiger partial charge is 0.285 e. The number of aromatic nitrogens is 2. The Morgan fingerprint density at radius 2 is 1.00 bits per heavy atom. The molecule has 0 bridgehead atoms. The highest BCUT2D eigenvalue weighted by molar-refractivity contribution is 7.86. The van der Waals surface area contributed by atoms with E-state index in [-0.39, 0.29) is 13.1 Å². The number of rotatable bonds is 7. The van der Waals surface area contributed by atoms with E-state index in [4.69, 9.17) is 9.11 Å². The minimum absolute atomic E-state index is 0.140. The van der Waals surface area contributed by atoms with Crippen LogP contribution in [0.25, 0.3) is 11.1 Å². The van der Waals surface area contributed by atoms with Crippen molar-refractivity contribution in [3.63, 3.8) is 0 Å². The predicted octanol–water partition coefficient (Wildman–Crippen LogP) is 0.481. The van der Waals surface area contributed by atoms with E-state index in [0.29, 0.717) is 0 Å². The van der Waals surface area contributed by atoms with Gasteiger partial charge >= 0.3 is 0 Å². The van der Waals surface area contributed by atoms with Crippen LogP contribution in [0.2, 0.25) is 0 Å². The van der Waals surface area contributed by atoms with Gasteiger partial charge in [-0.15, -0.1) is 0 Å². The fourth-order valence-corrected chi connectivity index (χ4v) is 3.05. The molecule has 0 aliphatic heterocycles. The summed E-state index contributed by atoms with van der Waals surface area (Å²) in [5, 5.41) is -1.81. The molecule has 10 heteroatoms. The van der Waals surface area contributed by atoms with Crippen molar-refractivity contribution in [2.75, 3.05) is 0 Å². The molecule has 142 valence electrons. The third-order valence-electron chi connectivity index (χ3n) is 4.07. The summed E-state index contributed by atoms with van der Waals surface area (Å²) < 4.78 is 65.7. The van der Waals surface area contributed by atoms with E-state index in [0.717, 1.165) is 11.1 Å². The summed E-state index contributed by atoms with van der Waals surface area (Å²) in [6, 6.07) is 7.27. The predicted molar refractivity (Wildman–Crippen MR) is 94.3 cm³/mol. The highest BCUT2D eigenvalue weighted by Gasteiger charge is 2.23. The topological polar surface area (TPSA) is 116 Å².